The van der Waals surface area contributed by atoms with E-state index in [0.29, 0.717) is 16.9 Å². The van der Waals surface area contributed by atoms with Gasteiger partial charge >= 0.3 is 0 Å². The van der Waals surface area contributed by atoms with Crippen LogP contribution in [0.4, 0.5) is 4.39 Å². The standard InChI is InChI=1S/C21H22FN3O3S3/c1-24(16-6-7-16)31(27,28)17-8-3-14(4-9-17)20(26)23-21-25(11-12-29-2)18-10-5-15(22)13-19(18)30-21/h3-5,8-10,13,16H,6-7,11-12H2,1-2H3. The Morgan fingerprint density at radius 3 is 2.61 bits per heavy atom. The Kier molecular flexibility index (Phi) is 6.34. The zero-order valence-electron chi connectivity index (χ0n) is 17.1. The van der Waals surface area contributed by atoms with Crippen LogP contribution in [0.25, 0.3) is 10.2 Å². The summed E-state index contributed by atoms with van der Waals surface area (Å²) in [5, 5.41) is 0. The first-order chi connectivity index (χ1) is 14.8. The molecule has 0 spiro atoms. The fourth-order valence-electron chi connectivity index (χ4n) is 3.25. The summed E-state index contributed by atoms with van der Waals surface area (Å²) in [6.45, 7) is 0.642. The van der Waals surface area contributed by atoms with Gasteiger partial charge in [0.1, 0.15) is 5.82 Å². The summed E-state index contributed by atoms with van der Waals surface area (Å²) in [6.07, 6.45) is 3.74. The Bertz CT molecular complexity index is 1290. The number of aryl methyl sites for hydroxylation is 1. The van der Waals surface area contributed by atoms with Crippen LogP contribution >= 0.6 is 23.1 Å². The van der Waals surface area contributed by atoms with Gasteiger partial charge in [0.2, 0.25) is 10.0 Å². The molecular formula is C21H22FN3O3S3. The number of carbonyl (C=O) groups excluding carboxylic acids is 1. The molecule has 164 valence electrons. The third kappa shape index (κ3) is 4.62. The number of sulfonamides is 1. The normalized spacial score (nSPS) is 15.2. The Labute approximate surface area is 188 Å². The molecule has 1 aromatic heterocycles. The average Bonchev–Trinajstić information content (AvgIpc) is 3.54. The van der Waals surface area contributed by atoms with Crippen molar-refractivity contribution in [3.8, 4) is 0 Å². The predicted molar refractivity (Wildman–Crippen MR) is 122 cm³/mol. The van der Waals surface area contributed by atoms with Crippen molar-refractivity contribution in [3.05, 3.63) is 58.6 Å². The highest BCUT2D eigenvalue weighted by Crippen LogP contribution is 2.30. The number of halogens is 1. The molecule has 0 atom stereocenters. The zero-order valence-corrected chi connectivity index (χ0v) is 19.6. The second-order valence-electron chi connectivity index (χ2n) is 7.33. The van der Waals surface area contributed by atoms with Crippen molar-refractivity contribution in [2.24, 2.45) is 4.99 Å². The van der Waals surface area contributed by atoms with Crippen LogP contribution in [0.1, 0.15) is 23.2 Å². The summed E-state index contributed by atoms with van der Waals surface area (Å²) >= 11 is 2.93. The molecule has 0 saturated heterocycles. The van der Waals surface area contributed by atoms with Crippen molar-refractivity contribution in [1.29, 1.82) is 0 Å². The number of amides is 1. The summed E-state index contributed by atoms with van der Waals surface area (Å²) in [6, 6.07) is 10.5. The van der Waals surface area contributed by atoms with Crippen LogP contribution in [0.2, 0.25) is 0 Å². The van der Waals surface area contributed by atoms with E-state index < -0.39 is 15.9 Å². The lowest BCUT2D eigenvalue weighted by Gasteiger charge is -2.16. The lowest BCUT2D eigenvalue weighted by atomic mass is 10.2. The van der Waals surface area contributed by atoms with Crippen LogP contribution < -0.4 is 4.80 Å². The monoisotopic (exact) mass is 479 g/mol. The van der Waals surface area contributed by atoms with Gasteiger partial charge in [0.25, 0.3) is 5.91 Å². The molecule has 2 aromatic carbocycles. The first kappa shape index (κ1) is 22.2. The van der Waals surface area contributed by atoms with Crippen molar-refractivity contribution in [1.82, 2.24) is 8.87 Å². The molecule has 0 bridgehead atoms. The van der Waals surface area contributed by atoms with E-state index in [1.165, 1.54) is 52.0 Å². The number of thiazole rings is 1. The van der Waals surface area contributed by atoms with Gasteiger partial charge in [-0.05, 0) is 61.6 Å². The first-order valence-electron chi connectivity index (χ1n) is 9.76. The van der Waals surface area contributed by atoms with Crippen molar-refractivity contribution in [2.75, 3.05) is 19.1 Å². The summed E-state index contributed by atoms with van der Waals surface area (Å²) in [7, 11) is -1.98. The van der Waals surface area contributed by atoms with E-state index in [2.05, 4.69) is 4.99 Å². The van der Waals surface area contributed by atoms with Gasteiger partial charge in [0.15, 0.2) is 4.80 Å². The smallest absolute Gasteiger partial charge is 0.279 e. The van der Waals surface area contributed by atoms with Gasteiger partial charge in [-0.15, -0.1) is 0 Å². The molecule has 0 unspecified atom stereocenters. The van der Waals surface area contributed by atoms with E-state index >= 15 is 0 Å². The SMILES string of the molecule is CSCCn1c(=NC(=O)c2ccc(S(=O)(=O)N(C)C3CC3)cc2)sc2cc(F)ccc21. The molecule has 1 heterocycles. The number of carbonyl (C=O) groups is 1. The highest BCUT2D eigenvalue weighted by molar-refractivity contribution is 7.98. The number of rotatable bonds is 7. The molecular weight excluding hydrogens is 457 g/mol. The van der Waals surface area contributed by atoms with E-state index in [-0.39, 0.29) is 16.8 Å². The zero-order chi connectivity index (χ0) is 22.2. The minimum atomic E-state index is -3.56. The number of benzene rings is 2. The number of hydrogen-bond acceptors (Lipinski definition) is 5. The minimum Gasteiger partial charge on any atom is -0.316 e. The fourth-order valence-corrected chi connectivity index (χ4v) is 6.11. The van der Waals surface area contributed by atoms with Gasteiger partial charge in [-0.1, -0.05) is 11.3 Å². The van der Waals surface area contributed by atoms with Crippen LogP contribution in [0.15, 0.2) is 52.4 Å². The van der Waals surface area contributed by atoms with Gasteiger partial charge in [0, 0.05) is 31.0 Å². The quantitative estimate of drug-likeness (QED) is 0.518. The maximum atomic E-state index is 13.6. The molecule has 4 rings (SSSR count). The van der Waals surface area contributed by atoms with Crippen molar-refractivity contribution in [3.63, 3.8) is 0 Å². The molecule has 3 aromatic rings. The summed E-state index contributed by atoms with van der Waals surface area (Å²) in [5.74, 6) is 0.0205. The maximum absolute atomic E-state index is 13.6. The number of aromatic nitrogens is 1. The molecule has 1 aliphatic rings. The van der Waals surface area contributed by atoms with Crippen LogP contribution in [0.5, 0.6) is 0 Å². The molecule has 1 aliphatic carbocycles. The number of thioether (sulfide) groups is 1. The molecule has 31 heavy (non-hydrogen) atoms. The highest BCUT2D eigenvalue weighted by Gasteiger charge is 2.35. The van der Waals surface area contributed by atoms with E-state index in [9.17, 15) is 17.6 Å². The lowest BCUT2D eigenvalue weighted by molar-refractivity contribution is 0.0997. The van der Waals surface area contributed by atoms with Crippen LogP contribution in [0, 0.1) is 5.82 Å². The van der Waals surface area contributed by atoms with E-state index in [1.807, 2.05) is 10.8 Å². The largest absolute Gasteiger partial charge is 0.316 e. The number of nitrogens with zero attached hydrogens (tertiary/aromatic N) is 3. The summed E-state index contributed by atoms with van der Waals surface area (Å²) < 4.78 is 42.9. The number of hydrogen-bond donors (Lipinski definition) is 0. The Hall–Kier alpha value is -2.01. The third-order valence-electron chi connectivity index (χ3n) is 5.20. The third-order valence-corrected chi connectivity index (χ3v) is 8.76. The van der Waals surface area contributed by atoms with Crippen molar-refractivity contribution >= 4 is 49.2 Å². The molecule has 1 saturated carbocycles. The number of fused-ring (bicyclic) bond motifs is 1. The van der Waals surface area contributed by atoms with Crippen molar-refractivity contribution < 1.29 is 17.6 Å². The van der Waals surface area contributed by atoms with E-state index in [0.717, 1.165) is 28.8 Å². The fraction of sp³-hybridized carbons (Fsp3) is 0.333. The van der Waals surface area contributed by atoms with Gasteiger partial charge in [-0.2, -0.15) is 21.1 Å². The first-order valence-corrected chi connectivity index (χ1v) is 13.4. The van der Waals surface area contributed by atoms with Gasteiger partial charge in [-0.25, -0.2) is 12.8 Å². The molecule has 0 N–H and O–H groups in total. The molecule has 10 heteroatoms. The van der Waals surface area contributed by atoms with E-state index in [4.69, 9.17) is 0 Å². The molecule has 1 amide bonds. The molecule has 1 fully saturated rings. The van der Waals surface area contributed by atoms with Gasteiger partial charge in [-0.3, -0.25) is 4.79 Å². The predicted octanol–water partition coefficient (Wildman–Crippen LogP) is 3.73. The summed E-state index contributed by atoms with van der Waals surface area (Å²) in [4.78, 5) is 17.7. The Morgan fingerprint density at radius 2 is 1.97 bits per heavy atom. The molecule has 0 radical (unpaired) electrons. The average molecular weight is 480 g/mol. The molecule has 0 aliphatic heterocycles. The van der Waals surface area contributed by atoms with E-state index in [1.54, 1.807) is 24.9 Å². The van der Waals surface area contributed by atoms with Gasteiger partial charge in [0.05, 0.1) is 15.1 Å². The van der Waals surface area contributed by atoms with Crippen molar-refractivity contribution in [2.45, 2.75) is 30.3 Å². The summed E-state index contributed by atoms with van der Waals surface area (Å²) in [5.41, 5.74) is 1.13. The second-order valence-corrected chi connectivity index (χ2v) is 11.3. The van der Waals surface area contributed by atoms with Crippen LogP contribution in [0.3, 0.4) is 0 Å². The van der Waals surface area contributed by atoms with Gasteiger partial charge < -0.3 is 4.57 Å². The molecule has 6 nitrogen and oxygen atoms in total. The Balaban J connectivity index is 1.66. The second kappa shape index (κ2) is 8.85. The lowest BCUT2D eigenvalue weighted by Crippen LogP contribution is -2.28. The highest BCUT2D eigenvalue weighted by atomic mass is 32.2. The minimum absolute atomic E-state index is 0.0656. The van der Waals surface area contributed by atoms with Crippen LogP contribution in [-0.4, -0.2) is 48.3 Å². The maximum Gasteiger partial charge on any atom is 0.279 e. The Morgan fingerprint density at radius 1 is 1.26 bits per heavy atom. The topological polar surface area (TPSA) is 71.7 Å². The van der Waals surface area contributed by atoms with Crippen LogP contribution in [-0.2, 0) is 16.6 Å².